The van der Waals surface area contributed by atoms with Crippen LogP contribution in [0.4, 0.5) is 8.78 Å². The Labute approximate surface area is 169 Å². The molecule has 1 N–H and O–H groups in total. The Balaban J connectivity index is 1.81. The molecule has 0 aliphatic rings. The van der Waals surface area contributed by atoms with Crippen LogP contribution in [0.1, 0.15) is 50.0 Å². The molecule has 0 aliphatic carbocycles. The van der Waals surface area contributed by atoms with E-state index in [0.29, 0.717) is 11.3 Å². The predicted molar refractivity (Wildman–Crippen MR) is 110 cm³/mol. The zero-order valence-corrected chi connectivity index (χ0v) is 16.7. The third kappa shape index (κ3) is 4.88. The number of amides is 1. The summed E-state index contributed by atoms with van der Waals surface area (Å²) in [5.74, 6) is -1.91. The summed E-state index contributed by atoms with van der Waals surface area (Å²) in [4.78, 5) is 16.9. The highest BCUT2D eigenvalue weighted by molar-refractivity contribution is 5.93. The monoisotopic (exact) mass is 397 g/mol. The first kappa shape index (κ1) is 20.7. The van der Waals surface area contributed by atoms with Gasteiger partial charge in [0.25, 0.3) is 5.91 Å². The molecule has 29 heavy (non-hydrogen) atoms. The molecule has 3 rings (SSSR count). The smallest absolute Gasteiger partial charge is 0.270 e. The van der Waals surface area contributed by atoms with Gasteiger partial charge >= 0.3 is 0 Å². The van der Waals surface area contributed by atoms with Crippen molar-refractivity contribution in [3.8, 4) is 16.8 Å². The van der Waals surface area contributed by atoms with Crippen molar-refractivity contribution in [2.24, 2.45) is 0 Å². The van der Waals surface area contributed by atoms with Gasteiger partial charge in [-0.15, -0.1) is 0 Å². The zero-order chi connectivity index (χ0) is 20.8. The standard InChI is InChI=1S/C23H25F2N3O/c1-3-5-18(6-4-2)27-23(29)22-14-26-15-28(22)19-10-7-16(8-11-19)17-9-12-20(24)21(25)13-17/h7-15,18H,3-6H2,1-2H3,(H,27,29). The van der Waals surface area contributed by atoms with Crippen LogP contribution in [0.3, 0.4) is 0 Å². The third-order valence-corrected chi connectivity index (χ3v) is 4.88. The first-order valence-electron chi connectivity index (χ1n) is 9.92. The maximum atomic E-state index is 13.5. The quantitative estimate of drug-likeness (QED) is 0.544. The average molecular weight is 397 g/mol. The summed E-state index contributed by atoms with van der Waals surface area (Å²) in [5.41, 5.74) is 2.56. The number of halogens is 2. The van der Waals surface area contributed by atoms with Gasteiger partial charge in [-0.25, -0.2) is 13.8 Å². The van der Waals surface area contributed by atoms with E-state index in [-0.39, 0.29) is 11.9 Å². The van der Waals surface area contributed by atoms with Gasteiger partial charge in [-0.05, 0) is 48.2 Å². The molecule has 0 fully saturated rings. The Hall–Kier alpha value is -3.02. The Morgan fingerprint density at radius 2 is 1.66 bits per heavy atom. The third-order valence-electron chi connectivity index (χ3n) is 4.88. The molecule has 4 nitrogen and oxygen atoms in total. The van der Waals surface area contributed by atoms with Crippen LogP contribution in [-0.4, -0.2) is 21.5 Å². The predicted octanol–water partition coefficient (Wildman–Crippen LogP) is 5.52. The molecule has 0 saturated heterocycles. The topological polar surface area (TPSA) is 46.9 Å². The normalized spacial score (nSPS) is 11.1. The minimum Gasteiger partial charge on any atom is -0.348 e. The maximum Gasteiger partial charge on any atom is 0.270 e. The van der Waals surface area contributed by atoms with Crippen molar-refractivity contribution in [2.45, 2.75) is 45.6 Å². The number of rotatable bonds is 8. The molecule has 1 aromatic heterocycles. The molecule has 1 heterocycles. The highest BCUT2D eigenvalue weighted by atomic mass is 19.2. The number of nitrogens with zero attached hydrogens (tertiary/aromatic N) is 2. The SMILES string of the molecule is CCCC(CCC)NC(=O)c1cncn1-c1ccc(-c2ccc(F)c(F)c2)cc1. The van der Waals surface area contributed by atoms with Crippen LogP contribution in [-0.2, 0) is 0 Å². The summed E-state index contributed by atoms with van der Waals surface area (Å²) in [6.07, 6.45) is 7.04. The second-order valence-electron chi connectivity index (χ2n) is 7.07. The van der Waals surface area contributed by atoms with E-state index in [1.807, 2.05) is 12.1 Å². The van der Waals surface area contributed by atoms with Gasteiger partial charge in [0.15, 0.2) is 11.6 Å². The van der Waals surface area contributed by atoms with Crippen LogP contribution in [0, 0.1) is 11.6 Å². The Morgan fingerprint density at radius 3 is 2.28 bits per heavy atom. The highest BCUT2D eigenvalue weighted by Crippen LogP contribution is 2.23. The number of aromatic nitrogens is 2. The van der Waals surface area contributed by atoms with Gasteiger partial charge in [0, 0.05) is 11.7 Å². The lowest BCUT2D eigenvalue weighted by Crippen LogP contribution is -2.35. The molecule has 6 heteroatoms. The van der Waals surface area contributed by atoms with Gasteiger partial charge in [0.2, 0.25) is 0 Å². The van der Waals surface area contributed by atoms with E-state index in [0.717, 1.165) is 43.0 Å². The molecule has 2 aromatic carbocycles. The minimum absolute atomic E-state index is 0.150. The Kier molecular flexibility index (Phi) is 6.75. The van der Waals surface area contributed by atoms with Crippen molar-refractivity contribution in [3.05, 3.63) is 72.3 Å². The summed E-state index contributed by atoms with van der Waals surface area (Å²) in [5, 5.41) is 3.10. The van der Waals surface area contributed by atoms with Crippen LogP contribution in [0.2, 0.25) is 0 Å². The fraction of sp³-hybridized carbons (Fsp3) is 0.304. The lowest BCUT2D eigenvalue weighted by Gasteiger charge is -2.18. The van der Waals surface area contributed by atoms with Crippen molar-refractivity contribution in [3.63, 3.8) is 0 Å². The van der Waals surface area contributed by atoms with Crippen molar-refractivity contribution >= 4 is 5.91 Å². The zero-order valence-electron chi connectivity index (χ0n) is 16.7. The molecule has 0 radical (unpaired) electrons. The number of hydrogen-bond donors (Lipinski definition) is 1. The molecule has 0 saturated carbocycles. The summed E-state index contributed by atoms with van der Waals surface area (Å²) in [6, 6.07) is 11.2. The molecule has 0 atom stereocenters. The summed E-state index contributed by atoms with van der Waals surface area (Å²) in [6.45, 7) is 4.21. The fourth-order valence-electron chi connectivity index (χ4n) is 3.40. The van der Waals surface area contributed by atoms with E-state index in [2.05, 4.69) is 24.1 Å². The molecule has 0 unspecified atom stereocenters. The molecular weight excluding hydrogens is 372 g/mol. The van der Waals surface area contributed by atoms with Crippen LogP contribution in [0.5, 0.6) is 0 Å². The highest BCUT2D eigenvalue weighted by Gasteiger charge is 2.17. The molecular formula is C23H25F2N3O. The summed E-state index contributed by atoms with van der Waals surface area (Å²) < 4.78 is 28.4. The number of carbonyl (C=O) groups is 1. The number of hydrogen-bond acceptors (Lipinski definition) is 2. The Bertz CT molecular complexity index is 961. The van der Waals surface area contributed by atoms with Crippen molar-refractivity contribution in [1.82, 2.24) is 14.9 Å². The van der Waals surface area contributed by atoms with Crippen molar-refractivity contribution in [1.29, 1.82) is 0 Å². The first-order chi connectivity index (χ1) is 14.0. The second-order valence-corrected chi connectivity index (χ2v) is 7.07. The van der Waals surface area contributed by atoms with Gasteiger partial charge in [-0.3, -0.25) is 9.36 Å². The number of carbonyl (C=O) groups excluding carboxylic acids is 1. The number of benzene rings is 2. The van der Waals surface area contributed by atoms with E-state index in [1.54, 1.807) is 29.2 Å². The summed E-state index contributed by atoms with van der Waals surface area (Å²) >= 11 is 0. The van der Waals surface area contributed by atoms with Crippen LogP contribution in [0.25, 0.3) is 16.8 Å². The molecule has 1 amide bonds. The van der Waals surface area contributed by atoms with E-state index in [4.69, 9.17) is 0 Å². The number of nitrogens with one attached hydrogen (secondary N) is 1. The largest absolute Gasteiger partial charge is 0.348 e. The van der Waals surface area contributed by atoms with Crippen LogP contribution < -0.4 is 5.32 Å². The van der Waals surface area contributed by atoms with Crippen LogP contribution in [0.15, 0.2) is 55.0 Å². The Morgan fingerprint density at radius 1 is 1.00 bits per heavy atom. The molecule has 0 bridgehead atoms. The number of imidazole rings is 1. The molecule has 0 spiro atoms. The van der Waals surface area contributed by atoms with Gasteiger partial charge in [-0.1, -0.05) is 44.9 Å². The fourth-order valence-corrected chi connectivity index (χ4v) is 3.40. The van der Waals surface area contributed by atoms with Gasteiger partial charge < -0.3 is 5.32 Å². The summed E-state index contributed by atoms with van der Waals surface area (Å²) in [7, 11) is 0. The van der Waals surface area contributed by atoms with E-state index >= 15 is 0 Å². The van der Waals surface area contributed by atoms with E-state index < -0.39 is 11.6 Å². The molecule has 152 valence electrons. The van der Waals surface area contributed by atoms with Gasteiger partial charge in [0.1, 0.15) is 5.69 Å². The molecule has 3 aromatic rings. The first-order valence-corrected chi connectivity index (χ1v) is 9.92. The minimum atomic E-state index is -0.881. The maximum absolute atomic E-state index is 13.5. The van der Waals surface area contributed by atoms with Gasteiger partial charge in [0.05, 0.1) is 12.5 Å². The molecule has 0 aliphatic heterocycles. The van der Waals surface area contributed by atoms with Crippen LogP contribution >= 0.6 is 0 Å². The second kappa shape index (κ2) is 9.45. The van der Waals surface area contributed by atoms with E-state index in [1.165, 1.54) is 12.1 Å². The average Bonchev–Trinajstić information content (AvgIpc) is 3.21. The lowest BCUT2D eigenvalue weighted by atomic mass is 10.0. The van der Waals surface area contributed by atoms with E-state index in [9.17, 15) is 13.6 Å². The van der Waals surface area contributed by atoms with Crippen molar-refractivity contribution in [2.75, 3.05) is 0 Å². The van der Waals surface area contributed by atoms with Gasteiger partial charge in [-0.2, -0.15) is 0 Å². The van der Waals surface area contributed by atoms with Crippen molar-refractivity contribution < 1.29 is 13.6 Å². The lowest BCUT2D eigenvalue weighted by molar-refractivity contribution is 0.0925.